The number of rotatable bonds is 1. The van der Waals surface area contributed by atoms with Crippen molar-refractivity contribution in [3.05, 3.63) is 24.3 Å². The lowest BCUT2D eigenvalue weighted by molar-refractivity contribution is -0.122. The molecule has 1 saturated carbocycles. The van der Waals surface area contributed by atoms with E-state index >= 15 is 0 Å². The van der Waals surface area contributed by atoms with E-state index in [1.165, 1.54) is 4.90 Å². The largest absolute Gasteiger partial charge is 0.399 e. The van der Waals surface area contributed by atoms with Gasteiger partial charge in [0.15, 0.2) is 0 Å². The molecule has 2 unspecified atom stereocenters. The Kier molecular flexibility index (Phi) is 2.47. The number of imide groups is 1. The first-order valence-corrected chi connectivity index (χ1v) is 6.17. The van der Waals surface area contributed by atoms with Crippen molar-refractivity contribution in [2.45, 2.75) is 25.3 Å². The van der Waals surface area contributed by atoms with Crippen LogP contribution in [0.1, 0.15) is 19.3 Å². The number of nitrogens with one attached hydrogen (secondary N) is 1. The lowest BCUT2D eigenvalue weighted by Gasteiger charge is -2.33. The molecule has 0 spiro atoms. The van der Waals surface area contributed by atoms with Gasteiger partial charge in [0, 0.05) is 11.7 Å². The quantitative estimate of drug-likeness (QED) is 0.736. The molecule has 5 heteroatoms. The number of anilines is 2. The summed E-state index contributed by atoms with van der Waals surface area (Å²) >= 11 is 0. The zero-order valence-corrected chi connectivity index (χ0v) is 9.93. The van der Waals surface area contributed by atoms with Crippen molar-refractivity contribution < 1.29 is 9.59 Å². The van der Waals surface area contributed by atoms with Crippen molar-refractivity contribution in [3.8, 4) is 0 Å². The summed E-state index contributed by atoms with van der Waals surface area (Å²) in [6, 6.07) is 6.52. The Morgan fingerprint density at radius 3 is 2.89 bits per heavy atom. The molecular weight excluding hydrogens is 230 g/mol. The molecule has 3 amide bonds. The Labute approximate surface area is 105 Å². The Balaban J connectivity index is 1.96. The Hall–Kier alpha value is -2.04. The van der Waals surface area contributed by atoms with Crippen LogP contribution in [0.5, 0.6) is 0 Å². The van der Waals surface area contributed by atoms with Crippen LogP contribution in [-0.4, -0.2) is 18.0 Å². The number of amides is 3. The lowest BCUT2D eigenvalue weighted by atomic mass is 9.99. The highest BCUT2D eigenvalue weighted by Crippen LogP contribution is 2.33. The fourth-order valence-electron chi connectivity index (χ4n) is 2.83. The number of nitrogens with zero attached hydrogens (tertiary/aromatic N) is 1. The molecule has 94 valence electrons. The van der Waals surface area contributed by atoms with E-state index in [2.05, 4.69) is 5.32 Å². The van der Waals surface area contributed by atoms with E-state index in [0.717, 1.165) is 19.3 Å². The molecule has 1 saturated heterocycles. The molecule has 0 aromatic heterocycles. The topological polar surface area (TPSA) is 75.4 Å². The second-order valence-electron chi connectivity index (χ2n) is 4.86. The third-order valence-electron chi connectivity index (χ3n) is 3.69. The average Bonchev–Trinajstić information content (AvgIpc) is 2.77. The first-order valence-electron chi connectivity index (χ1n) is 6.17. The van der Waals surface area contributed by atoms with E-state index in [9.17, 15) is 9.59 Å². The van der Waals surface area contributed by atoms with Gasteiger partial charge in [0.05, 0.1) is 11.6 Å². The van der Waals surface area contributed by atoms with Crippen LogP contribution in [0.25, 0.3) is 0 Å². The van der Waals surface area contributed by atoms with Crippen LogP contribution in [-0.2, 0) is 4.79 Å². The van der Waals surface area contributed by atoms with E-state index in [-0.39, 0.29) is 23.9 Å². The maximum Gasteiger partial charge on any atom is 0.328 e. The van der Waals surface area contributed by atoms with Crippen molar-refractivity contribution >= 4 is 23.3 Å². The van der Waals surface area contributed by atoms with E-state index in [4.69, 9.17) is 5.73 Å². The smallest absolute Gasteiger partial charge is 0.328 e. The molecule has 2 atom stereocenters. The van der Waals surface area contributed by atoms with E-state index in [1.54, 1.807) is 24.3 Å². The van der Waals surface area contributed by atoms with Gasteiger partial charge in [-0.05, 0) is 31.0 Å². The van der Waals surface area contributed by atoms with Gasteiger partial charge in [-0.1, -0.05) is 12.5 Å². The van der Waals surface area contributed by atoms with E-state index in [0.29, 0.717) is 11.4 Å². The van der Waals surface area contributed by atoms with Crippen molar-refractivity contribution in [1.82, 2.24) is 5.32 Å². The van der Waals surface area contributed by atoms with Crippen LogP contribution < -0.4 is 16.0 Å². The highest BCUT2D eigenvalue weighted by atomic mass is 16.2. The Morgan fingerprint density at radius 2 is 2.11 bits per heavy atom. The molecular formula is C13H15N3O2. The number of hydrogen-bond acceptors (Lipinski definition) is 3. The number of urea groups is 1. The number of carbonyl (C=O) groups excluding carboxylic acids is 2. The molecule has 0 bridgehead atoms. The van der Waals surface area contributed by atoms with Crippen LogP contribution in [0, 0.1) is 5.92 Å². The molecule has 1 aromatic carbocycles. The predicted molar refractivity (Wildman–Crippen MR) is 68.0 cm³/mol. The predicted octanol–water partition coefficient (Wildman–Crippen LogP) is 1.49. The van der Waals surface area contributed by atoms with Crippen molar-refractivity contribution in [1.29, 1.82) is 0 Å². The molecule has 1 heterocycles. The summed E-state index contributed by atoms with van der Waals surface area (Å²) in [6.07, 6.45) is 2.74. The van der Waals surface area contributed by atoms with Gasteiger partial charge >= 0.3 is 6.03 Å². The Morgan fingerprint density at radius 1 is 1.28 bits per heavy atom. The third-order valence-corrected chi connectivity index (χ3v) is 3.69. The highest BCUT2D eigenvalue weighted by Gasteiger charge is 2.43. The second kappa shape index (κ2) is 4.01. The molecule has 5 nitrogen and oxygen atoms in total. The normalized spacial score (nSPS) is 27.0. The summed E-state index contributed by atoms with van der Waals surface area (Å²) in [7, 11) is 0. The summed E-state index contributed by atoms with van der Waals surface area (Å²) in [5.74, 6) is -0.184. The number of carbonyl (C=O) groups is 2. The fourth-order valence-corrected chi connectivity index (χ4v) is 2.83. The Bertz CT molecular complexity index is 515. The first-order chi connectivity index (χ1) is 8.66. The summed E-state index contributed by atoms with van der Waals surface area (Å²) in [6.45, 7) is 0. The van der Waals surface area contributed by atoms with E-state index in [1.807, 2.05) is 0 Å². The van der Waals surface area contributed by atoms with Gasteiger partial charge in [-0.3, -0.25) is 4.79 Å². The number of nitrogens with two attached hydrogens (primary N) is 1. The van der Waals surface area contributed by atoms with Gasteiger partial charge in [-0.15, -0.1) is 0 Å². The standard InChI is InChI=1S/C13H15N3O2/c14-8-3-1-4-9(7-8)16-12(17)10-5-2-6-11(10)15-13(16)18/h1,3-4,7,10-11H,2,5-6,14H2,(H,15,18). The third kappa shape index (κ3) is 1.63. The first kappa shape index (κ1) is 11.1. The van der Waals surface area contributed by atoms with E-state index < -0.39 is 0 Å². The zero-order chi connectivity index (χ0) is 12.7. The summed E-state index contributed by atoms with van der Waals surface area (Å²) in [5, 5.41) is 2.90. The van der Waals surface area contributed by atoms with Crippen LogP contribution in [0.4, 0.5) is 16.2 Å². The summed E-state index contributed by atoms with van der Waals surface area (Å²) < 4.78 is 0. The summed E-state index contributed by atoms with van der Waals surface area (Å²) in [4.78, 5) is 25.6. The van der Waals surface area contributed by atoms with Gasteiger partial charge in [0.25, 0.3) is 0 Å². The zero-order valence-electron chi connectivity index (χ0n) is 9.93. The molecule has 0 radical (unpaired) electrons. The highest BCUT2D eigenvalue weighted by molar-refractivity contribution is 6.17. The van der Waals surface area contributed by atoms with Gasteiger partial charge in [0.1, 0.15) is 0 Å². The minimum absolute atomic E-state index is 0.0160. The van der Waals surface area contributed by atoms with Crippen molar-refractivity contribution in [2.75, 3.05) is 10.6 Å². The van der Waals surface area contributed by atoms with Gasteiger partial charge in [-0.25, -0.2) is 9.69 Å². The molecule has 3 N–H and O–H groups in total. The van der Waals surface area contributed by atoms with Crippen LogP contribution >= 0.6 is 0 Å². The van der Waals surface area contributed by atoms with Crippen LogP contribution in [0.3, 0.4) is 0 Å². The minimum Gasteiger partial charge on any atom is -0.399 e. The molecule has 2 fully saturated rings. The molecule has 1 aliphatic heterocycles. The second-order valence-corrected chi connectivity index (χ2v) is 4.86. The number of benzene rings is 1. The maximum absolute atomic E-state index is 12.4. The monoisotopic (exact) mass is 245 g/mol. The maximum atomic E-state index is 12.4. The van der Waals surface area contributed by atoms with Crippen LogP contribution in [0.15, 0.2) is 24.3 Å². The minimum atomic E-state index is -0.339. The van der Waals surface area contributed by atoms with Crippen molar-refractivity contribution in [3.63, 3.8) is 0 Å². The summed E-state index contributed by atoms with van der Waals surface area (Å²) in [5.41, 5.74) is 6.78. The molecule has 3 rings (SSSR count). The lowest BCUT2D eigenvalue weighted by Crippen LogP contribution is -2.58. The van der Waals surface area contributed by atoms with Gasteiger partial charge in [0.2, 0.25) is 5.91 Å². The fraction of sp³-hybridized carbons (Fsp3) is 0.385. The van der Waals surface area contributed by atoms with Gasteiger partial charge < -0.3 is 11.1 Å². The molecule has 1 aromatic rings. The van der Waals surface area contributed by atoms with Crippen LogP contribution in [0.2, 0.25) is 0 Å². The average molecular weight is 245 g/mol. The van der Waals surface area contributed by atoms with Gasteiger partial charge in [-0.2, -0.15) is 0 Å². The molecule has 18 heavy (non-hydrogen) atoms. The number of fused-ring (bicyclic) bond motifs is 1. The molecule has 1 aliphatic carbocycles. The molecule has 2 aliphatic rings. The number of nitrogen functional groups attached to an aromatic ring is 1. The number of hydrogen-bond donors (Lipinski definition) is 2. The SMILES string of the molecule is Nc1cccc(N2C(=O)NC3CCCC3C2=O)c1. The van der Waals surface area contributed by atoms with Crippen molar-refractivity contribution in [2.24, 2.45) is 5.92 Å².